The minimum Gasteiger partial charge on any atom is -0.348 e. The Morgan fingerprint density at radius 3 is 2.38 bits per heavy atom. The summed E-state index contributed by atoms with van der Waals surface area (Å²) < 4.78 is 13.7. The molecule has 0 aliphatic carbocycles. The lowest BCUT2D eigenvalue weighted by Gasteiger charge is -2.18. The van der Waals surface area contributed by atoms with Gasteiger partial charge < -0.3 is 11.1 Å². The highest BCUT2D eigenvalue weighted by molar-refractivity contribution is 5.83. The Morgan fingerprint density at radius 2 is 1.76 bits per heavy atom. The van der Waals surface area contributed by atoms with E-state index in [0.29, 0.717) is 5.56 Å². The van der Waals surface area contributed by atoms with Gasteiger partial charge in [-0.1, -0.05) is 48.0 Å². The van der Waals surface area contributed by atoms with Gasteiger partial charge in [0.2, 0.25) is 5.91 Å². The molecule has 0 heterocycles. The summed E-state index contributed by atoms with van der Waals surface area (Å²) in [5.41, 5.74) is 8.23. The first-order valence-electron chi connectivity index (χ1n) is 6.86. The molecular formula is C17H19FN2O. The lowest BCUT2D eigenvalue weighted by atomic mass is 10.0. The minimum atomic E-state index is -0.764. The number of amides is 1. The van der Waals surface area contributed by atoms with Gasteiger partial charge in [-0.25, -0.2) is 4.39 Å². The van der Waals surface area contributed by atoms with Crippen molar-refractivity contribution in [2.75, 3.05) is 0 Å². The smallest absolute Gasteiger partial charge is 0.241 e. The molecule has 0 aliphatic heterocycles. The number of aryl methyl sites for hydroxylation is 1. The second-order valence-corrected chi connectivity index (χ2v) is 5.14. The summed E-state index contributed by atoms with van der Waals surface area (Å²) in [7, 11) is 0. The predicted molar refractivity (Wildman–Crippen MR) is 81.1 cm³/mol. The third kappa shape index (κ3) is 3.67. The summed E-state index contributed by atoms with van der Waals surface area (Å²) in [5, 5.41) is 2.75. The molecule has 4 heteroatoms. The lowest BCUT2D eigenvalue weighted by Crippen LogP contribution is -2.36. The van der Waals surface area contributed by atoms with Crippen LogP contribution < -0.4 is 11.1 Å². The number of carbonyl (C=O) groups excluding carboxylic acids is 1. The number of nitrogens with one attached hydrogen (secondary N) is 1. The van der Waals surface area contributed by atoms with Gasteiger partial charge in [-0.3, -0.25) is 4.79 Å². The number of hydrogen-bond donors (Lipinski definition) is 2. The predicted octanol–water partition coefficient (Wildman–Crippen LogP) is 3.01. The third-order valence-corrected chi connectivity index (χ3v) is 3.45. The monoisotopic (exact) mass is 286 g/mol. The number of carbonyl (C=O) groups is 1. The molecule has 0 saturated heterocycles. The van der Waals surface area contributed by atoms with Crippen LogP contribution in [0.4, 0.5) is 4.39 Å². The maximum atomic E-state index is 13.7. The largest absolute Gasteiger partial charge is 0.348 e. The van der Waals surface area contributed by atoms with E-state index in [9.17, 15) is 9.18 Å². The van der Waals surface area contributed by atoms with E-state index in [2.05, 4.69) is 5.32 Å². The topological polar surface area (TPSA) is 55.1 Å². The van der Waals surface area contributed by atoms with Crippen LogP contribution in [0.25, 0.3) is 0 Å². The van der Waals surface area contributed by atoms with Crippen LogP contribution in [0.1, 0.15) is 35.7 Å². The molecule has 2 atom stereocenters. The molecule has 3 N–H and O–H groups in total. The molecule has 0 radical (unpaired) electrons. The zero-order valence-electron chi connectivity index (χ0n) is 12.1. The maximum Gasteiger partial charge on any atom is 0.241 e. The molecule has 0 aromatic heterocycles. The van der Waals surface area contributed by atoms with Gasteiger partial charge in [0.1, 0.15) is 11.9 Å². The van der Waals surface area contributed by atoms with E-state index in [1.807, 2.05) is 31.2 Å². The van der Waals surface area contributed by atoms with E-state index in [-0.39, 0.29) is 11.7 Å². The quantitative estimate of drug-likeness (QED) is 0.907. The van der Waals surface area contributed by atoms with Crippen molar-refractivity contribution >= 4 is 5.91 Å². The van der Waals surface area contributed by atoms with Crippen LogP contribution in [-0.4, -0.2) is 5.91 Å². The van der Waals surface area contributed by atoms with E-state index in [0.717, 1.165) is 11.1 Å². The molecule has 0 spiro atoms. The molecule has 3 nitrogen and oxygen atoms in total. The first-order valence-corrected chi connectivity index (χ1v) is 6.86. The first-order chi connectivity index (χ1) is 9.99. The molecule has 0 saturated carbocycles. The lowest BCUT2D eigenvalue weighted by molar-refractivity contribution is -0.123. The summed E-state index contributed by atoms with van der Waals surface area (Å²) in [6, 6.07) is 12.6. The third-order valence-electron chi connectivity index (χ3n) is 3.45. The van der Waals surface area contributed by atoms with Gasteiger partial charge in [-0.15, -0.1) is 0 Å². The highest BCUT2D eigenvalue weighted by Gasteiger charge is 2.19. The Kier molecular flexibility index (Phi) is 4.70. The molecule has 21 heavy (non-hydrogen) atoms. The van der Waals surface area contributed by atoms with Crippen LogP contribution in [0.3, 0.4) is 0 Å². The Morgan fingerprint density at radius 1 is 1.14 bits per heavy atom. The fourth-order valence-corrected chi connectivity index (χ4v) is 2.13. The summed E-state index contributed by atoms with van der Waals surface area (Å²) in [6.45, 7) is 3.70. The number of hydrogen-bond acceptors (Lipinski definition) is 2. The number of nitrogens with two attached hydrogens (primary N) is 1. The molecule has 0 fully saturated rings. The fourth-order valence-electron chi connectivity index (χ4n) is 2.13. The molecule has 2 aromatic carbocycles. The molecule has 1 amide bonds. The van der Waals surface area contributed by atoms with Gasteiger partial charge in [-0.05, 0) is 25.5 Å². The zero-order valence-corrected chi connectivity index (χ0v) is 12.1. The van der Waals surface area contributed by atoms with Crippen molar-refractivity contribution in [3.63, 3.8) is 0 Å². The van der Waals surface area contributed by atoms with E-state index < -0.39 is 12.1 Å². The van der Waals surface area contributed by atoms with Crippen molar-refractivity contribution in [2.24, 2.45) is 5.73 Å². The summed E-state index contributed by atoms with van der Waals surface area (Å²) >= 11 is 0. The van der Waals surface area contributed by atoms with Gasteiger partial charge in [0.25, 0.3) is 0 Å². The van der Waals surface area contributed by atoms with Gasteiger partial charge in [0.05, 0.1) is 6.04 Å². The van der Waals surface area contributed by atoms with E-state index >= 15 is 0 Å². The highest BCUT2D eigenvalue weighted by Crippen LogP contribution is 2.18. The molecular weight excluding hydrogens is 267 g/mol. The van der Waals surface area contributed by atoms with Crippen molar-refractivity contribution in [3.8, 4) is 0 Å². The van der Waals surface area contributed by atoms with Gasteiger partial charge in [-0.2, -0.15) is 0 Å². The Hall–Kier alpha value is -2.20. The van der Waals surface area contributed by atoms with Crippen molar-refractivity contribution in [3.05, 3.63) is 71.0 Å². The average Bonchev–Trinajstić information content (AvgIpc) is 2.47. The minimum absolute atomic E-state index is 0.324. The van der Waals surface area contributed by atoms with E-state index in [1.54, 1.807) is 25.1 Å². The second-order valence-electron chi connectivity index (χ2n) is 5.14. The SMILES string of the molecule is Cc1ccc(C(N)C(=O)NC(C)c2ccccc2F)cc1. The summed E-state index contributed by atoms with van der Waals surface area (Å²) in [4.78, 5) is 12.2. The van der Waals surface area contributed by atoms with Crippen LogP contribution in [0.15, 0.2) is 48.5 Å². The van der Waals surface area contributed by atoms with Crippen LogP contribution in [0, 0.1) is 12.7 Å². The average molecular weight is 286 g/mol. The molecule has 0 aliphatic rings. The van der Waals surface area contributed by atoms with Crippen molar-refractivity contribution < 1.29 is 9.18 Å². The summed E-state index contributed by atoms with van der Waals surface area (Å²) in [5.74, 6) is -0.663. The molecule has 2 aromatic rings. The van der Waals surface area contributed by atoms with Gasteiger partial charge in [0.15, 0.2) is 0 Å². The number of benzene rings is 2. The highest BCUT2D eigenvalue weighted by atomic mass is 19.1. The molecule has 2 rings (SSSR count). The van der Waals surface area contributed by atoms with Crippen LogP contribution in [0.5, 0.6) is 0 Å². The zero-order chi connectivity index (χ0) is 15.4. The van der Waals surface area contributed by atoms with E-state index in [4.69, 9.17) is 5.73 Å². The van der Waals surface area contributed by atoms with Gasteiger partial charge >= 0.3 is 0 Å². The van der Waals surface area contributed by atoms with Crippen molar-refractivity contribution in [1.82, 2.24) is 5.32 Å². The van der Waals surface area contributed by atoms with Crippen LogP contribution in [-0.2, 0) is 4.79 Å². The molecule has 2 unspecified atom stereocenters. The summed E-state index contributed by atoms with van der Waals surface area (Å²) in [6.07, 6.45) is 0. The van der Waals surface area contributed by atoms with Crippen molar-refractivity contribution in [2.45, 2.75) is 25.9 Å². The number of halogens is 1. The fraction of sp³-hybridized carbons (Fsp3) is 0.235. The Labute approximate surface area is 124 Å². The Bertz CT molecular complexity index is 625. The van der Waals surface area contributed by atoms with E-state index in [1.165, 1.54) is 6.07 Å². The Balaban J connectivity index is 2.07. The van der Waals surface area contributed by atoms with Crippen molar-refractivity contribution in [1.29, 1.82) is 0 Å². The van der Waals surface area contributed by atoms with Crippen LogP contribution in [0.2, 0.25) is 0 Å². The number of rotatable bonds is 4. The molecule has 110 valence electrons. The normalized spacial score (nSPS) is 13.5. The van der Waals surface area contributed by atoms with Gasteiger partial charge in [0, 0.05) is 5.56 Å². The first kappa shape index (κ1) is 15.2. The molecule has 0 bridgehead atoms. The van der Waals surface area contributed by atoms with Crippen LogP contribution >= 0.6 is 0 Å². The standard InChI is InChI=1S/C17H19FN2O/c1-11-7-9-13(10-8-11)16(19)17(21)20-12(2)14-5-3-4-6-15(14)18/h3-10,12,16H,19H2,1-2H3,(H,20,21). The second kappa shape index (κ2) is 6.50. The maximum absolute atomic E-state index is 13.7.